The molecule has 0 atom stereocenters. The maximum Gasteiger partial charge on any atom is 0.254 e. The van der Waals surface area contributed by atoms with E-state index in [1.807, 2.05) is 24.3 Å². The van der Waals surface area contributed by atoms with E-state index in [0.717, 1.165) is 37.0 Å². The lowest BCUT2D eigenvalue weighted by atomic mass is 9.97. The van der Waals surface area contributed by atoms with E-state index in [2.05, 4.69) is 10.4 Å². The number of nitrogens with zero attached hydrogens (tertiary/aromatic N) is 2. The highest BCUT2D eigenvalue weighted by molar-refractivity contribution is 5.94. The van der Waals surface area contributed by atoms with E-state index in [-0.39, 0.29) is 11.4 Å². The number of benzene rings is 1. The Hall–Kier alpha value is -2.34. The topological polar surface area (TPSA) is 82.2 Å². The third-order valence-corrected chi connectivity index (χ3v) is 4.73. The quantitative estimate of drug-likeness (QED) is 0.849. The molecule has 0 spiro atoms. The molecule has 1 saturated carbocycles. The summed E-state index contributed by atoms with van der Waals surface area (Å²) in [5, 5.41) is 7.41. The molecule has 2 aromatic rings. The van der Waals surface area contributed by atoms with Gasteiger partial charge >= 0.3 is 0 Å². The van der Waals surface area contributed by atoms with Gasteiger partial charge in [-0.2, -0.15) is 5.10 Å². The van der Waals surface area contributed by atoms with Crippen molar-refractivity contribution in [3.8, 4) is 5.75 Å². The number of hydrogen-bond donors (Lipinski definition) is 2. The monoisotopic (exact) mass is 328 g/mol. The van der Waals surface area contributed by atoms with Crippen molar-refractivity contribution in [2.75, 3.05) is 13.7 Å². The van der Waals surface area contributed by atoms with Crippen LogP contribution in [0.1, 0.15) is 41.6 Å². The molecule has 1 heterocycles. The van der Waals surface area contributed by atoms with Gasteiger partial charge in [-0.15, -0.1) is 0 Å². The van der Waals surface area contributed by atoms with Crippen LogP contribution in [0.2, 0.25) is 0 Å². The second-order valence-corrected chi connectivity index (χ2v) is 6.42. The van der Waals surface area contributed by atoms with Crippen molar-refractivity contribution >= 4 is 5.91 Å². The third-order valence-electron chi connectivity index (χ3n) is 4.73. The minimum Gasteiger partial charge on any atom is -0.497 e. The number of carbonyl (C=O) groups excluding carboxylic acids is 1. The summed E-state index contributed by atoms with van der Waals surface area (Å²) in [4.78, 5) is 12.5. The normalized spacial score (nSPS) is 16.1. The average molecular weight is 328 g/mol. The largest absolute Gasteiger partial charge is 0.497 e. The van der Waals surface area contributed by atoms with Gasteiger partial charge in [0, 0.05) is 12.7 Å². The van der Waals surface area contributed by atoms with Crippen LogP contribution < -0.4 is 15.8 Å². The summed E-state index contributed by atoms with van der Waals surface area (Å²) in [7, 11) is 1.64. The second kappa shape index (κ2) is 7.05. The second-order valence-electron chi connectivity index (χ2n) is 6.42. The first-order chi connectivity index (χ1) is 11.6. The molecule has 3 rings (SSSR count). The van der Waals surface area contributed by atoms with Crippen LogP contribution in [0.15, 0.2) is 36.7 Å². The van der Waals surface area contributed by atoms with E-state index in [4.69, 9.17) is 10.5 Å². The smallest absolute Gasteiger partial charge is 0.254 e. The Bertz CT molecular complexity index is 687. The average Bonchev–Trinajstić information content (AvgIpc) is 3.26. The lowest BCUT2D eigenvalue weighted by molar-refractivity contribution is 0.0903. The van der Waals surface area contributed by atoms with E-state index in [9.17, 15) is 4.79 Å². The van der Waals surface area contributed by atoms with Gasteiger partial charge in [0.25, 0.3) is 5.91 Å². The van der Waals surface area contributed by atoms with E-state index >= 15 is 0 Å². The van der Waals surface area contributed by atoms with Crippen LogP contribution in [0.5, 0.6) is 5.75 Å². The predicted molar refractivity (Wildman–Crippen MR) is 92.0 cm³/mol. The summed E-state index contributed by atoms with van der Waals surface area (Å²) < 4.78 is 6.92. The molecule has 6 nitrogen and oxygen atoms in total. The molecule has 1 amide bonds. The van der Waals surface area contributed by atoms with Crippen LogP contribution in [0.4, 0.5) is 0 Å². The van der Waals surface area contributed by atoms with Gasteiger partial charge in [-0.25, -0.2) is 0 Å². The number of nitrogens with one attached hydrogen (secondary N) is 1. The summed E-state index contributed by atoms with van der Waals surface area (Å²) >= 11 is 0. The number of nitrogens with two attached hydrogens (primary N) is 1. The van der Waals surface area contributed by atoms with Gasteiger partial charge in [0.1, 0.15) is 5.75 Å². The predicted octanol–water partition coefficient (Wildman–Crippen LogP) is 1.94. The summed E-state index contributed by atoms with van der Waals surface area (Å²) in [6, 6.07) is 7.81. The molecule has 24 heavy (non-hydrogen) atoms. The zero-order valence-corrected chi connectivity index (χ0v) is 14.0. The molecule has 1 aromatic heterocycles. The first kappa shape index (κ1) is 16.5. The van der Waals surface area contributed by atoms with Crippen molar-refractivity contribution in [1.29, 1.82) is 0 Å². The standard InChI is InChI=1S/C18H24N4O2/c1-24-16-6-4-14(5-7-16)11-22-12-15(10-20-22)17(23)21-18(13-19)8-2-3-9-18/h4-7,10,12H,2-3,8-9,11,13,19H2,1H3,(H,21,23). The van der Waals surface area contributed by atoms with E-state index < -0.39 is 0 Å². The molecule has 1 aliphatic rings. The molecule has 0 aliphatic heterocycles. The Morgan fingerprint density at radius 1 is 1.33 bits per heavy atom. The van der Waals surface area contributed by atoms with Gasteiger partial charge in [0.15, 0.2) is 0 Å². The SMILES string of the molecule is COc1ccc(Cn2cc(C(=O)NC3(CN)CCCC3)cn2)cc1. The molecule has 0 unspecified atom stereocenters. The van der Waals surface area contributed by atoms with Crippen molar-refractivity contribution in [3.05, 3.63) is 47.8 Å². The van der Waals surface area contributed by atoms with Crippen LogP contribution in [0.3, 0.4) is 0 Å². The van der Waals surface area contributed by atoms with Crippen molar-refractivity contribution in [2.24, 2.45) is 5.73 Å². The molecule has 1 aliphatic carbocycles. The highest BCUT2D eigenvalue weighted by Gasteiger charge is 2.34. The molecule has 0 bridgehead atoms. The Morgan fingerprint density at radius 3 is 2.67 bits per heavy atom. The maximum absolute atomic E-state index is 12.5. The Kier molecular flexibility index (Phi) is 4.85. The zero-order chi connectivity index (χ0) is 17.0. The Balaban J connectivity index is 1.64. The molecule has 128 valence electrons. The molecule has 1 aromatic carbocycles. The molecule has 6 heteroatoms. The minimum absolute atomic E-state index is 0.0941. The van der Waals surface area contributed by atoms with Gasteiger partial charge in [-0.3, -0.25) is 9.48 Å². The van der Waals surface area contributed by atoms with E-state index in [1.54, 1.807) is 24.2 Å². The fraction of sp³-hybridized carbons (Fsp3) is 0.444. The van der Waals surface area contributed by atoms with Gasteiger partial charge in [-0.05, 0) is 30.5 Å². The summed E-state index contributed by atoms with van der Waals surface area (Å²) in [5.41, 5.74) is 7.31. The van der Waals surface area contributed by atoms with Gasteiger partial charge in [0.2, 0.25) is 0 Å². The Morgan fingerprint density at radius 2 is 2.04 bits per heavy atom. The maximum atomic E-state index is 12.5. The Labute approximate surface area is 142 Å². The van der Waals surface area contributed by atoms with E-state index in [0.29, 0.717) is 18.7 Å². The molecule has 1 fully saturated rings. The highest BCUT2D eigenvalue weighted by atomic mass is 16.5. The number of rotatable bonds is 6. The molecule has 0 saturated heterocycles. The number of ether oxygens (including phenoxy) is 1. The van der Waals surface area contributed by atoms with Crippen LogP contribution in [0, 0.1) is 0 Å². The molecular formula is C18H24N4O2. The van der Waals surface area contributed by atoms with Crippen LogP contribution in [0.25, 0.3) is 0 Å². The fourth-order valence-electron chi connectivity index (χ4n) is 3.23. The van der Waals surface area contributed by atoms with Crippen LogP contribution in [-0.2, 0) is 6.54 Å². The highest BCUT2D eigenvalue weighted by Crippen LogP contribution is 2.28. The van der Waals surface area contributed by atoms with Crippen LogP contribution in [-0.4, -0.2) is 34.9 Å². The van der Waals surface area contributed by atoms with Gasteiger partial charge < -0.3 is 15.8 Å². The van der Waals surface area contributed by atoms with Gasteiger partial charge in [0.05, 0.1) is 31.0 Å². The van der Waals surface area contributed by atoms with Crippen LogP contribution >= 0.6 is 0 Å². The van der Waals surface area contributed by atoms with Gasteiger partial charge in [-0.1, -0.05) is 25.0 Å². The van der Waals surface area contributed by atoms with E-state index in [1.165, 1.54) is 0 Å². The number of carbonyl (C=O) groups is 1. The minimum atomic E-state index is -0.241. The fourth-order valence-corrected chi connectivity index (χ4v) is 3.23. The van der Waals surface area contributed by atoms with Crippen molar-refractivity contribution < 1.29 is 9.53 Å². The third kappa shape index (κ3) is 3.59. The molecular weight excluding hydrogens is 304 g/mol. The van der Waals surface area contributed by atoms with Crippen molar-refractivity contribution in [1.82, 2.24) is 15.1 Å². The van der Waals surface area contributed by atoms with Crippen molar-refractivity contribution in [2.45, 2.75) is 37.8 Å². The number of aromatic nitrogens is 2. The lowest BCUT2D eigenvalue weighted by Crippen LogP contribution is -2.51. The summed E-state index contributed by atoms with van der Waals surface area (Å²) in [6.07, 6.45) is 7.53. The summed E-state index contributed by atoms with van der Waals surface area (Å²) in [6.45, 7) is 1.10. The van der Waals surface area contributed by atoms with Crippen molar-refractivity contribution in [3.63, 3.8) is 0 Å². The number of methoxy groups -OCH3 is 1. The first-order valence-corrected chi connectivity index (χ1v) is 8.32. The molecule has 3 N–H and O–H groups in total. The summed E-state index contributed by atoms with van der Waals surface area (Å²) in [5.74, 6) is 0.728. The lowest BCUT2D eigenvalue weighted by Gasteiger charge is -2.28. The molecule has 0 radical (unpaired) electrons. The number of amides is 1. The zero-order valence-electron chi connectivity index (χ0n) is 14.0. The number of hydrogen-bond acceptors (Lipinski definition) is 4. The first-order valence-electron chi connectivity index (χ1n) is 8.32.